The summed E-state index contributed by atoms with van der Waals surface area (Å²) in [5.41, 5.74) is 1.98. The lowest BCUT2D eigenvalue weighted by Crippen LogP contribution is -2.01. The third-order valence-corrected chi connectivity index (χ3v) is 2.97. The van der Waals surface area contributed by atoms with Crippen LogP contribution >= 0.6 is 0 Å². The van der Waals surface area contributed by atoms with Crippen LogP contribution in [0.2, 0.25) is 0 Å². The molecule has 3 nitrogen and oxygen atoms in total. The minimum absolute atomic E-state index is 0.315. The topological polar surface area (TPSA) is 34.9 Å². The number of benzene rings is 1. The van der Waals surface area contributed by atoms with Gasteiger partial charge in [0.15, 0.2) is 6.29 Å². The van der Waals surface area contributed by atoms with E-state index in [0.29, 0.717) is 23.5 Å². The average molecular weight is 230 g/mol. The largest absolute Gasteiger partial charge is 0.298 e. The number of hydrogen-bond donors (Lipinski definition) is 0. The first-order chi connectivity index (χ1) is 8.28. The molecule has 1 aromatic carbocycles. The van der Waals surface area contributed by atoms with E-state index in [1.54, 1.807) is 10.7 Å². The van der Waals surface area contributed by atoms with Crippen LogP contribution in [-0.2, 0) is 0 Å². The summed E-state index contributed by atoms with van der Waals surface area (Å²) in [5, 5.41) is 4.42. The quantitative estimate of drug-likeness (QED) is 0.760. The van der Waals surface area contributed by atoms with Crippen LogP contribution in [0.25, 0.3) is 5.69 Å². The van der Waals surface area contributed by atoms with Gasteiger partial charge in [0.05, 0.1) is 11.4 Å². The molecule has 0 atom stereocenters. The summed E-state index contributed by atoms with van der Waals surface area (Å²) in [5.74, 6) is 0.154. The van der Waals surface area contributed by atoms with Crippen molar-refractivity contribution in [2.45, 2.75) is 18.8 Å². The minimum Gasteiger partial charge on any atom is -0.298 e. The molecule has 1 heterocycles. The van der Waals surface area contributed by atoms with E-state index in [1.165, 1.54) is 25.0 Å². The van der Waals surface area contributed by atoms with Crippen molar-refractivity contribution >= 4 is 6.29 Å². The molecule has 0 saturated heterocycles. The fourth-order valence-corrected chi connectivity index (χ4v) is 1.90. The molecule has 4 heteroatoms. The molecular weight excluding hydrogens is 219 g/mol. The van der Waals surface area contributed by atoms with Gasteiger partial charge in [-0.1, -0.05) is 0 Å². The first kappa shape index (κ1) is 10.2. The van der Waals surface area contributed by atoms with E-state index < -0.39 is 5.82 Å². The number of halogens is 1. The molecule has 1 saturated carbocycles. The Morgan fingerprint density at radius 1 is 1.35 bits per heavy atom. The third-order valence-electron chi connectivity index (χ3n) is 2.97. The highest BCUT2D eigenvalue weighted by Gasteiger charge is 2.26. The SMILES string of the molecule is O=Cc1cc(F)ccc1-n1ccc(C2CC2)n1. The van der Waals surface area contributed by atoms with Gasteiger partial charge in [-0.25, -0.2) is 9.07 Å². The van der Waals surface area contributed by atoms with Gasteiger partial charge in [0, 0.05) is 17.7 Å². The van der Waals surface area contributed by atoms with Gasteiger partial charge < -0.3 is 0 Å². The number of carbonyl (C=O) groups is 1. The molecule has 1 aromatic heterocycles. The van der Waals surface area contributed by atoms with Gasteiger partial charge in [-0.2, -0.15) is 5.10 Å². The Hall–Kier alpha value is -1.97. The van der Waals surface area contributed by atoms with E-state index >= 15 is 0 Å². The maximum atomic E-state index is 13.0. The molecule has 0 spiro atoms. The van der Waals surface area contributed by atoms with Gasteiger partial charge in [-0.15, -0.1) is 0 Å². The summed E-state index contributed by atoms with van der Waals surface area (Å²) in [6.45, 7) is 0. The Balaban J connectivity index is 2.03. The Kier molecular flexibility index (Phi) is 2.28. The highest BCUT2D eigenvalue weighted by atomic mass is 19.1. The van der Waals surface area contributed by atoms with Crippen LogP contribution in [0, 0.1) is 5.82 Å². The molecule has 0 bridgehead atoms. The predicted octanol–water partition coefficient (Wildman–Crippen LogP) is 2.70. The zero-order chi connectivity index (χ0) is 11.8. The maximum absolute atomic E-state index is 13.0. The molecule has 17 heavy (non-hydrogen) atoms. The van der Waals surface area contributed by atoms with Gasteiger partial charge in [0.1, 0.15) is 5.82 Å². The number of aromatic nitrogens is 2. The maximum Gasteiger partial charge on any atom is 0.152 e. The number of nitrogens with zero attached hydrogens (tertiary/aromatic N) is 2. The molecule has 1 aliphatic rings. The molecule has 2 aromatic rings. The lowest BCUT2D eigenvalue weighted by molar-refractivity contribution is 0.112. The van der Waals surface area contributed by atoms with Crippen molar-refractivity contribution in [3.05, 3.63) is 47.5 Å². The van der Waals surface area contributed by atoms with Crippen LogP contribution in [0.4, 0.5) is 4.39 Å². The van der Waals surface area contributed by atoms with Crippen LogP contribution in [0.5, 0.6) is 0 Å². The van der Waals surface area contributed by atoms with Gasteiger partial charge in [0.2, 0.25) is 0 Å². The van der Waals surface area contributed by atoms with Crippen molar-refractivity contribution in [3.63, 3.8) is 0 Å². The molecular formula is C13H11FN2O. The fourth-order valence-electron chi connectivity index (χ4n) is 1.90. The smallest absolute Gasteiger partial charge is 0.152 e. The highest BCUT2D eigenvalue weighted by Crippen LogP contribution is 2.39. The summed E-state index contributed by atoms with van der Waals surface area (Å²) in [4.78, 5) is 10.9. The summed E-state index contributed by atoms with van der Waals surface area (Å²) in [6, 6.07) is 6.08. The molecule has 1 fully saturated rings. The first-order valence-corrected chi connectivity index (χ1v) is 5.58. The molecule has 86 valence electrons. The molecule has 0 unspecified atom stereocenters. The van der Waals surface area contributed by atoms with Crippen LogP contribution in [-0.4, -0.2) is 16.1 Å². The second-order valence-electron chi connectivity index (χ2n) is 4.28. The molecule has 0 radical (unpaired) electrons. The van der Waals surface area contributed by atoms with Gasteiger partial charge >= 0.3 is 0 Å². The van der Waals surface area contributed by atoms with E-state index in [9.17, 15) is 9.18 Å². The second-order valence-corrected chi connectivity index (χ2v) is 4.28. The molecule has 0 amide bonds. The van der Waals surface area contributed by atoms with Crippen LogP contribution in [0.1, 0.15) is 34.8 Å². The monoisotopic (exact) mass is 230 g/mol. The van der Waals surface area contributed by atoms with Crippen LogP contribution in [0.3, 0.4) is 0 Å². The van der Waals surface area contributed by atoms with E-state index in [2.05, 4.69) is 5.10 Å². The number of rotatable bonds is 3. The zero-order valence-electron chi connectivity index (χ0n) is 9.14. The molecule has 0 N–H and O–H groups in total. The van der Waals surface area contributed by atoms with E-state index in [-0.39, 0.29) is 0 Å². The Morgan fingerprint density at radius 3 is 2.88 bits per heavy atom. The van der Waals surface area contributed by atoms with Gasteiger partial charge in [0.25, 0.3) is 0 Å². The van der Waals surface area contributed by atoms with E-state index in [1.807, 2.05) is 12.3 Å². The van der Waals surface area contributed by atoms with Gasteiger partial charge in [-0.3, -0.25) is 4.79 Å². The average Bonchev–Trinajstić information content (AvgIpc) is 3.08. The molecule has 1 aliphatic carbocycles. The zero-order valence-corrected chi connectivity index (χ0v) is 9.14. The van der Waals surface area contributed by atoms with Gasteiger partial charge in [-0.05, 0) is 37.1 Å². The van der Waals surface area contributed by atoms with Crippen molar-refractivity contribution in [2.24, 2.45) is 0 Å². The van der Waals surface area contributed by atoms with Crippen molar-refractivity contribution in [3.8, 4) is 5.69 Å². The minimum atomic E-state index is -0.412. The van der Waals surface area contributed by atoms with Crippen molar-refractivity contribution < 1.29 is 9.18 Å². The number of aldehydes is 1. The van der Waals surface area contributed by atoms with Crippen molar-refractivity contribution in [1.29, 1.82) is 0 Å². The molecule has 3 rings (SSSR count). The fraction of sp³-hybridized carbons (Fsp3) is 0.231. The second kappa shape index (κ2) is 3.80. The molecule has 0 aliphatic heterocycles. The lowest BCUT2D eigenvalue weighted by atomic mass is 10.2. The van der Waals surface area contributed by atoms with Crippen molar-refractivity contribution in [2.75, 3.05) is 0 Å². The lowest BCUT2D eigenvalue weighted by Gasteiger charge is -2.04. The predicted molar refractivity (Wildman–Crippen MR) is 60.9 cm³/mol. The number of carbonyl (C=O) groups excluding carboxylic acids is 1. The number of hydrogen-bond acceptors (Lipinski definition) is 2. The summed E-state index contributed by atoms with van der Waals surface area (Å²) < 4.78 is 14.6. The van der Waals surface area contributed by atoms with Crippen molar-refractivity contribution in [1.82, 2.24) is 9.78 Å². The van der Waals surface area contributed by atoms with E-state index in [0.717, 1.165) is 5.69 Å². The Bertz CT molecular complexity index is 573. The summed E-state index contributed by atoms with van der Waals surface area (Å²) in [6.07, 6.45) is 4.83. The normalized spacial score (nSPS) is 14.9. The summed E-state index contributed by atoms with van der Waals surface area (Å²) >= 11 is 0. The third kappa shape index (κ3) is 1.86. The standard InChI is InChI=1S/C13H11FN2O/c14-11-3-4-13(10(7-11)8-17)16-6-5-12(15-16)9-1-2-9/h3-9H,1-2H2. The van der Waals surface area contributed by atoms with Crippen LogP contribution < -0.4 is 0 Å². The van der Waals surface area contributed by atoms with Crippen LogP contribution in [0.15, 0.2) is 30.5 Å². The Morgan fingerprint density at radius 2 is 2.18 bits per heavy atom. The summed E-state index contributed by atoms with van der Waals surface area (Å²) in [7, 11) is 0. The highest BCUT2D eigenvalue weighted by molar-refractivity contribution is 5.80. The first-order valence-electron chi connectivity index (χ1n) is 5.58. The Labute approximate surface area is 97.9 Å². The van der Waals surface area contributed by atoms with E-state index in [4.69, 9.17) is 0 Å².